The quantitative estimate of drug-likeness (QED) is 0.671. The Morgan fingerprint density at radius 1 is 1.05 bits per heavy atom. The summed E-state index contributed by atoms with van der Waals surface area (Å²) in [5, 5.41) is 4.57. The average Bonchev–Trinajstić information content (AvgIpc) is 2.41. The van der Waals surface area contributed by atoms with Crippen LogP contribution in [0.4, 0.5) is 0 Å². The molecule has 0 aliphatic carbocycles. The van der Waals surface area contributed by atoms with Gasteiger partial charge in [0.05, 0.1) is 23.3 Å². The Morgan fingerprint density at radius 3 is 2.63 bits per heavy atom. The highest BCUT2D eigenvalue weighted by molar-refractivity contribution is 6.42. The van der Waals surface area contributed by atoms with E-state index in [1.165, 1.54) is 0 Å². The summed E-state index contributed by atoms with van der Waals surface area (Å²) in [4.78, 5) is 0. The molecule has 0 saturated carbocycles. The number of ether oxygens (including phenoxy) is 2. The monoisotopic (exact) mass is 305 g/mol. The van der Waals surface area contributed by atoms with E-state index in [1.807, 2.05) is 18.2 Å². The third-order valence-electron chi connectivity index (χ3n) is 2.64. The number of hydrogen-bond acceptors (Lipinski definition) is 3. The van der Waals surface area contributed by atoms with Crippen LogP contribution in [0.3, 0.4) is 0 Å². The van der Waals surface area contributed by atoms with Crippen LogP contribution >= 0.6 is 23.2 Å². The minimum Gasteiger partial charge on any atom is -0.382 e. The molecule has 1 rings (SSSR count). The molecule has 3 nitrogen and oxygen atoms in total. The largest absolute Gasteiger partial charge is 0.382 e. The molecule has 0 unspecified atom stereocenters. The normalized spacial score (nSPS) is 10.9. The van der Waals surface area contributed by atoms with Gasteiger partial charge in [-0.15, -0.1) is 0 Å². The molecular weight excluding hydrogens is 285 g/mol. The van der Waals surface area contributed by atoms with E-state index in [2.05, 4.69) is 5.32 Å². The highest BCUT2D eigenvalue weighted by Crippen LogP contribution is 2.22. The van der Waals surface area contributed by atoms with Crippen molar-refractivity contribution >= 4 is 23.2 Å². The summed E-state index contributed by atoms with van der Waals surface area (Å²) in [6.07, 6.45) is 2.15. The van der Waals surface area contributed by atoms with Crippen LogP contribution in [0.2, 0.25) is 10.0 Å². The first-order valence-electron chi connectivity index (χ1n) is 6.45. The van der Waals surface area contributed by atoms with Crippen LogP contribution in [0, 0.1) is 0 Å². The van der Waals surface area contributed by atoms with Crippen LogP contribution in [0.15, 0.2) is 18.2 Å². The van der Waals surface area contributed by atoms with Crippen molar-refractivity contribution < 1.29 is 9.47 Å². The average molecular weight is 306 g/mol. The minimum atomic E-state index is 0.596. The zero-order valence-corrected chi connectivity index (χ0v) is 12.8. The third-order valence-corrected chi connectivity index (χ3v) is 3.38. The Hall–Kier alpha value is -0.320. The first-order valence-corrected chi connectivity index (χ1v) is 7.21. The fourth-order valence-corrected chi connectivity index (χ4v) is 1.90. The lowest BCUT2D eigenvalue weighted by atomic mass is 10.2. The standard InChI is InChI=1S/C14H21Cl2NO2/c1-18-8-9-19-7-3-2-6-17-11-12-4-5-13(15)14(16)10-12/h4-5,10,17H,2-3,6-9,11H2,1H3. The Morgan fingerprint density at radius 2 is 1.89 bits per heavy atom. The van der Waals surface area contributed by atoms with E-state index in [4.69, 9.17) is 32.7 Å². The van der Waals surface area contributed by atoms with E-state index in [9.17, 15) is 0 Å². The predicted molar refractivity (Wildman–Crippen MR) is 80.1 cm³/mol. The number of halogens is 2. The molecule has 108 valence electrons. The van der Waals surface area contributed by atoms with Gasteiger partial charge in [-0.3, -0.25) is 0 Å². The first kappa shape index (κ1) is 16.7. The van der Waals surface area contributed by atoms with Crippen LogP contribution in [0.1, 0.15) is 18.4 Å². The second-order valence-electron chi connectivity index (χ2n) is 4.24. The summed E-state index contributed by atoms with van der Waals surface area (Å²) in [5.74, 6) is 0. The first-order chi connectivity index (χ1) is 9.24. The fourth-order valence-electron chi connectivity index (χ4n) is 1.58. The van der Waals surface area contributed by atoms with Crippen molar-refractivity contribution in [2.24, 2.45) is 0 Å². The van der Waals surface area contributed by atoms with E-state index in [0.29, 0.717) is 23.3 Å². The highest BCUT2D eigenvalue weighted by atomic mass is 35.5. The summed E-state index contributed by atoms with van der Waals surface area (Å²) >= 11 is 11.8. The molecule has 1 N–H and O–H groups in total. The van der Waals surface area contributed by atoms with Crippen molar-refractivity contribution in [2.75, 3.05) is 33.5 Å². The number of rotatable bonds is 10. The van der Waals surface area contributed by atoms with E-state index in [-0.39, 0.29) is 0 Å². The lowest BCUT2D eigenvalue weighted by molar-refractivity contribution is 0.0688. The van der Waals surface area contributed by atoms with Gasteiger partial charge in [-0.25, -0.2) is 0 Å². The van der Waals surface area contributed by atoms with Crippen LogP contribution < -0.4 is 5.32 Å². The van der Waals surface area contributed by atoms with E-state index in [1.54, 1.807) is 7.11 Å². The molecule has 1 aromatic rings. The fraction of sp³-hybridized carbons (Fsp3) is 0.571. The number of benzene rings is 1. The van der Waals surface area contributed by atoms with Gasteiger partial charge >= 0.3 is 0 Å². The van der Waals surface area contributed by atoms with E-state index >= 15 is 0 Å². The van der Waals surface area contributed by atoms with E-state index < -0.39 is 0 Å². The predicted octanol–water partition coefficient (Wildman–Crippen LogP) is 3.53. The summed E-state index contributed by atoms with van der Waals surface area (Å²) in [7, 11) is 1.68. The molecule has 0 radical (unpaired) electrons. The Labute approximate surface area is 125 Å². The molecule has 0 spiro atoms. The van der Waals surface area contributed by atoms with Gasteiger partial charge in [-0.1, -0.05) is 29.3 Å². The van der Waals surface area contributed by atoms with Gasteiger partial charge in [0.15, 0.2) is 0 Å². The highest BCUT2D eigenvalue weighted by Gasteiger charge is 1.99. The van der Waals surface area contributed by atoms with E-state index in [0.717, 1.165) is 38.1 Å². The van der Waals surface area contributed by atoms with Crippen molar-refractivity contribution in [2.45, 2.75) is 19.4 Å². The van der Waals surface area contributed by atoms with Crippen molar-refractivity contribution in [1.29, 1.82) is 0 Å². The molecule has 0 heterocycles. The van der Waals surface area contributed by atoms with Crippen LogP contribution in [-0.4, -0.2) is 33.5 Å². The molecule has 0 aromatic heterocycles. The number of unbranched alkanes of at least 4 members (excludes halogenated alkanes) is 1. The molecule has 0 bridgehead atoms. The van der Waals surface area contributed by atoms with Crippen molar-refractivity contribution in [3.8, 4) is 0 Å². The van der Waals surface area contributed by atoms with Gasteiger partial charge in [0.2, 0.25) is 0 Å². The maximum Gasteiger partial charge on any atom is 0.0700 e. The topological polar surface area (TPSA) is 30.5 Å². The van der Waals surface area contributed by atoms with Gasteiger partial charge in [-0.05, 0) is 37.1 Å². The Kier molecular flexibility index (Phi) is 9.22. The Bertz CT molecular complexity index is 361. The van der Waals surface area contributed by atoms with Crippen LogP contribution in [-0.2, 0) is 16.0 Å². The number of hydrogen-bond donors (Lipinski definition) is 1. The number of methoxy groups -OCH3 is 1. The molecule has 0 atom stereocenters. The minimum absolute atomic E-state index is 0.596. The SMILES string of the molecule is COCCOCCCCNCc1ccc(Cl)c(Cl)c1. The Balaban J connectivity index is 2.00. The van der Waals surface area contributed by atoms with Gasteiger partial charge in [-0.2, -0.15) is 0 Å². The zero-order chi connectivity index (χ0) is 13.9. The molecule has 19 heavy (non-hydrogen) atoms. The smallest absolute Gasteiger partial charge is 0.0700 e. The zero-order valence-electron chi connectivity index (χ0n) is 11.3. The van der Waals surface area contributed by atoms with Crippen molar-refractivity contribution in [1.82, 2.24) is 5.32 Å². The molecular formula is C14H21Cl2NO2. The molecule has 0 aliphatic heterocycles. The molecule has 5 heteroatoms. The lowest BCUT2D eigenvalue weighted by Crippen LogP contribution is -2.15. The molecule has 0 saturated heterocycles. The molecule has 0 fully saturated rings. The number of nitrogens with one attached hydrogen (secondary N) is 1. The van der Waals surface area contributed by atoms with Gasteiger partial charge in [0.1, 0.15) is 0 Å². The van der Waals surface area contributed by atoms with Gasteiger partial charge in [0, 0.05) is 20.3 Å². The summed E-state index contributed by atoms with van der Waals surface area (Å²) in [6.45, 7) is 3.90. The van der Waals surface area contributed by atoms with Gasteiger partial charge in [0.25, 0.3) is 0 Å². The summed E-state index contributed by atoms with van der Waals surface area (Å²) in [6, 6.07) is 5.70. The van der Waals surface area contributed by atoms with Crippen LogP contribution in [0.25, 0.3) is 0 Å². The van der Waals surface area contributed by atoms with Gasteiger partial charge < -0.3 is 14.8 Å². The molecule has 0 aliphatic rings. The molecule has 1 aromatic carbocycles. The maximum atomic E-state index is 5.95. The summed E-state index contributed by atoms with van der Waals surface area (Å²) < 4.78 is 10.3. The third kappa shape index (κ3) is 7.75. The van der Waals surface area contributed by atoms with Crippen molar-refractivity contribution in [3.05, 3.63) is 33.8 Å². The second kappa shape index (κ2) is 10.5. The molecule has 0 amide bonds. The summed E-state index contributed by atoms with van der Waals surface area (Å²) in [5.41, 5.74) is 1.14. The lowest BCUT2D eigenvalue weighted by Gasteiger charge is -2.06. The maximum absolute atomic E-state index is 5.95. The van der Waals surface area contributed by atoms with Crippen LogP contribution in [0.5, 0.6) is 0 Å². The second-order valence-corrected chi connectivity index (χ2v) is 5.05. The van der Waals surface area contributed by atoms with Crippen molar-refractivity contribution in [3.63, 3.8) is 0 Å².